The molecule has 1 saturated heterocycles. The number of rotatable bonds is 3. The lowest BCUT2D eigenvalue weighted by Crippen LogP contribution is -2.28. The molecular formula is C12H15BrN2O2. The predicted octanol–water partition coefficient (Wildman–Crippen LogP) is 1.52. The molecule has 0 aromatic heterocycles. The molecule has 17 heavy (non-hydrogen) atoms. The molecule has 0 saturated carbocycles. The normalized spacial score (nSPS) is 19.8. The second-order valence-corrected chi connectivity index (χ2v) is 5.11. The third kappa shape index (κ3) is 2.79. The SMILES string of the molecule is COc1ccc(Br)cc1CN1CC(N)CC1=O. The van der Waals surface area contributed by atoms with Gasteiger partial charge in [-0.05, 0) is 18.2 Å². The summed E-state index contributed by atoms with van der Waals surface area (Å²) in [5.41, 5.74) is 6.76. The van der Waals surface area contributed by atoms with Gasteiger partial charge in [-0.15, -0.1) is 0 Å². The van der Waals surface area contributed by atoms with Crippen LogP contribution in [0, 0.1) is 0 Å². The lowest BCUT2D eigenvalue weighted by molar-refractivity contribution is -0.128. The molecule has 1 unspecified atom stereocenters. The van der Waals surface area contributed by atoms with Gasteiger partial charge < -0.3 is 15.4 Å². The van der Waals surface area contributed by atoms with Crippen molar-refractivity contribution in [2.75, 3.05) is 13.7 Å². The molecule has 1 heterocycles. The van der Waals surface area contributed by atoms with Gasteiger partial charge in [-0.2, -0.15) is 0 Å². The second kappa shape index (κ2) is 5.06. The van der Waals surface area contributed by atoms with Gasteiger partial charge in [-0.1, -0.05) is 15.9 Å². The smallest absolute Gasteiger partial charge is 0.224 e. The number of methoxy groups -OCH3 is 1. The maximum Gasteiger partial charge on any atom is 0.224 e. The fourth-order valence-corrected chi connectivity index (χ4v) is 2.44. The van der Waals surface area contributed by atoms with Crippen LogP contribution >= 0.6 is 15.9 Å². The van der Waals surface area contributed by atoms with Crippen molar-refractivity contribution in [3.8, 4) is 5.75 Å². The lowest BCUT2D eigenvalue weighted by atomic mass is 10.2. The highest BCUT2D eigenvalue weighted by Crippen LogP contribution is 2.25. The molecule has 1 aromatic carbocycles. The molecule has 2 N–H and O–H groups in total. The Bertz CT molecular complexity index is 437. The minimum atomic E-state index is -0.0411. The van der Waals surface area contributed by atoms with Gasteiger partial charge in [-0.25, -0.2) is 0 Å². The number of benzene rings is 1. The van der Waals surface area contributed by atoms with E-state index in [1.54, 1.807) is 12.0 Å². The molecule has 2 rings (SSSR count). The number of amides is 1. The zero-order valence-electron chi connectivity index (χ0n) is 9.65. The van der Waals surface area contributed by atoms with E-state index in [4.69, 9.17) is 10.5 Å². The van der Waals surface area contributed by atoms with E-state index in [9.17, 15) is 4.79 Å². The van der Waals surface area contributed by atoms with E-state index in [2.05, 4.69) is 15.9 Å². The number of carbonyl (C=O) groups excluding carboxylic acids is 1. The van der Waals surface area contributed by atoms with Crippen molar-refractivity contribution in [2.24, 2.45) is 5.73 Å². The van der Waals surface area contributed by atoms with E-state index < -0.39 is 0 Å². The van der Waals surface area contributed by atoms with Gasteiger partial charge >= 0.3 is 0 Å². The predicted molar refractivity (Wildman–Crippen MR) is 68.7 cm³/mol. The first-order chi connectivity index (χ1) is 8.10. The van der Waals surface area contributed by atoms with Crippen molar-refractivity contribution in [1.82, 2.24) is 4.90 Å². The number of likely N-dealkylation sites (tertiary alicyclic amines) is 1. The average molecular weight is 299 g/mol. The van der Waals surface area contributed by atoms with Crippen molar-refractivity contribution in [2.45, 2.75) is 19.0 Å². The van der Waals surface area contributed by atoms with Crippen LogP contribution in [0.5, 0.6) is 5.75 Å². The Morgan fingerprint density at radius 2 is 2.35 bits per heavy atom. The van der Waals surface area contributed by atoms with E-state index in [-0.39, 0.29) is 11.9 Å². The minimum Gasteiger partial charge on any atom is -0.496 e. The van der Waals surface area contributed by atoms with Crippen molar-refractivity contribution in [3.05, 3.63) is 28.2 Å². The molecule has 0 radical (unpaired) electrons. The summed E-state index contributed by atoms with van der Waals surface area (Å²) < 4.78 is 6.26. The van der Waals surface area contributed by atoms with Crippen LogP contribution in [0.15, 0.2) is 22.7 Å². The summed E-state index contributed by atoms with van der Waals surface area (Å²) in [6, 6.07) is 5.73. The van der Waals surface area contributed by atoms with Gasteiger partial charge in [0.2, 0.25) is 5.91 Å². The first kappa shape index (κ1) is 12.4. The van der Waals surface area contributed by atoms with Gasteiger partial charge in [0.1, 0.15) is 5.75 Å². The lowest BCUT2D eigenvalue weighted by Gasteiger charge is -2.18. The first-order valence-corrected chi connectivity index (χ1v) is 6.25. The molecule has 5 heteroatoms. The topological polar surface area (TPSA) is 55.6 Å². The standard InChI is InChI=1S/C12H15BrN2O2/c1-17-11-3-2-9(13)4-8(11)6-15-7-10(14)5-12(15)16/h2-4,10H,5-7,14H2,1H3. The van der Waals surface area contributed by atoms with Gasteiger partial charge in [0.15, 0.2) is 0 Å². The van der Waals surface area contributed by atoms with Crippen molar-refractivity contribution in [1.29, 1.82) is 0 Å². The Kier molecular flexibility index (Phi) is 3.69. The zero-order chi connectivity index (χ0) is 12.4. The maximum atomic E-state index is 11.7. The monoisotopic (exact) mass is 298 g/mol. The Balaban J connectivity index is 2.18. The number of nitrogens with zero attached hydrogens (tertiary/aromatic N) is 1. The van der Waals surface area contributed by atoms with E-state index in [0.29, 0.717) is 19.5 Å². The summed E-state index contributed by atoms with van der Waals surface area (Å²) in [4.78, 5) is 13.4. The molecule has 1 aliphatic rings. The quantitative estimate of drug-likeness (QED) is 0.920. The first-order valence-electron chi connectivity index (χ1n) is 5.46. The van der Waals surface area contributed by atoms with Crippen LogP contribution in [0.4, 0.5) is 0 Å². The van der Waals surface area contributed by atoms with E-state index in [1.165, 1.54) is 0 Å². The van der Waals surface area contributed by atoms with Gasteiger partial charge in [0.05, 0.1) is 7.11 Å². The molecule has 0 bridgehead atoms. The minimum absolute atomic E-state index is 0.0411. The second-order valence-electron chi connectivity index (χ2n) is 4.19. The van der Waals surface area contributed by atoms with Crippen LogP contribution in [-0.2, 0) is 11.3 Å². The highest BCUT2D eigenvalue weighted by molar-refractivity contribution is 9.10. The fraction of sp³-hybridized carbons (Fsp3) is 0.417. The number of ether oxygens (including phenoxy) is 1. The molecule has 1 aromatic rings. The molecule has 1 amide bonds. The molecule has 1 atom stereocenters. The maximum absolute atomic E-state index is 11.7. The number of hydrogen-bond acceptors (Lipinski definition) is 3. The van der Waals surface area contributed by atoms with E-state index >= 15 is 0 Å². The van der Waals surface area contributed by atoms with Crippen LogP contribution in [-0.4, -0.2) is 30.5 Å². The summed E-state index contributed by atoms with van der Waals surface area (Å²) >= 11 is 3.42. The summed E-state index contributed by atoms with van der Waals surface area (Å²) in [5.74, 6) is 0.904. The van der Waals surface area contributed by atoms with Crippen molar-refractivity contribution >= 4 is 21.8 Å². The summed E-state index contributed by atoms with van der Waals surface area (Å²) in [7, 11) is 1.63. The number of nitrogens with two attached hydrogens (primary N) is 1. The zero-order valence-corrected chi connectivity index (χ0v) is 11.2. The number of hydrogen-bond donors (Lipinski definition) is 1. The van der Waals surface area contributed by atoms with E-state index in [0.717, 1.165) is 15.8 Å². The third-order valence-corrected chi connectivity index (χ3v) is 3.34. The van der Waals surface area contributed by atoms with E-state index in [1.807, 2.05) is 18.2 Å². The third-order valence-electron chi connectivity index (χ3n) is 2.85. The van der Waals surface area contributed by atoms with Crippen molar-refractivity contribution in [3.63, 3.8) is 0 Å². The molecule has 0 aliphatic carbocycles. The number of carbonyl (C=O) groups is 1. The molecule has 1 aliphatic heterocycles. The van der Waals surface area contributed by atoms with Crippen molar-refractivity contribution < 1.29 is 9.53 Å². The largest absolute Gasteiger partial charge is 0.496 e. The van der Waals surface area contributed by atoms with Gasteiger partial charge in [0, 0.05) is 35.6 Å². The fourth-order valence-electron chi connectivity index (χ4n) is 2.03. The van der Waals surface area contributed by atoms with Gasteiger partial charge in [-0.3, -0.25) is 4.79 Å². The summed E-state index contributed by atoms with van der Waals surface area (Å²) in [6.45, 7) is 1.17. The summed E-state index contributed by atoms with van der Waals surface area (Å²) in [5, 5.41) is 0. The highest BCUT2D eigenvalue weighted by Gasteiger charge is 2.27. The average Bonchev–Trinajstić information content (AvgIpc) is 2.58. The van der Waals surface area contributed by atoms with Crippen LogP contribution < -0.4 is 10.5 Å². The molecule has 92 valence electrons. The molecule has 1 fully saturated rings. The van der Waals surface area contributed by atoms with Crippen LogP contribution in [0.2, 0.25) is 0 Å². The summed E-state index contributed by atoms with van der Waals surface area (Å²) in [6.07, 6.45) is 0.441. The molecule has 4 nitrogen and oxygen atoms in total. The molecular weight excluding hydrogens is 284 g/mol. The van der Waals surface area contributed by atoms with Crippen LogP contribution in [0.1, 0.15) is 12.0 Å². The Morgan fingerprint density at radius 1 is 1.59 bits per heavy atom. The molecule has 0 spiro atoms. The highest BCUT2D eigenvalue weighted by atomic mass is 79.9. The Morgan fingerprint density at radius 3 is 2.94 bits per heavy atom. The number of halogens is 1. The van der Waals surface area contributed by atoms with Crippen LogP contribution in [0.3, 0.4) is 0 Å². The van der Waals surface area contributed by atoms with Crippen LogP contribution in [0.25, 0.3) is 0 Å². The Labute approximate surface area is 109 Å². The van der Waals surface area contributed by atoms with Gasteiger partial charge in [0.25, 0.3) is 0 Å². The Hall–Kier alpha value is -1.07.